The molecule has 0 bridgehead atoms. The van der Waals surface area contributed by atoms with Crippen molar-refractivity contribution in [3.63, 3.8) is 0 Å². The van der Waals surface area contributed by atoms with E-state index in [9.17, 15) is 9.59 Å². The van der Waals surface area contributed by atoms with Crippen LogP contribution in [0.5, 0.6) is 11.5 Å². The molecule has 1 aliphatic rings. The summed E-state index contributed by atoms with van der Waals surface area (Å²) >= 11 is 0. The Morgan fingerprint density at radius 1 is 1.28 bits per heavy atom. The second-order valence-corrected chi connectivity index (χ2v) is 5.63. The predicted octanol–water partition coefficient (Wildman–Crippen LogP) is 1.48. The summed E-state index contributed by atoms with van der Waals surface area (Å²) < 4.78 is 11.0. The normalized spacial score (nSPS) is 14.3. The first-order chi connectivity index (χ1) is 12.0. The third-order valence-electron chi connectivity index (χ3n) is 3.94. The first kappa shape index (κ1) is 18.6. The van der Waals surface area contributed by atoms with Crippen LogP contribution in [0.25, 0.3) is 0 Å². The Labute approximate surface area is 147 Å². The number of carbonyl (C=O) groups excluding carboxylic acids is 2. The monoisotopic (exact) mass is 348 g/mol. The summed E-state index contributed by atoms with van der Waals surface area (Å²) in [5.41, 5.74) is 8.68. The molecule has 1 saturated heterocycles. The first-order valence-electron chi connectivity index (χ1n) is 8.26. The second kappa shape index (κ2) is 8.91. The number of nitrogens with one attached hydrogen (secondary N) is 1. The largest absolute Gasteiger partial charge is 0.493 e. The summed E-state index contributed by atoms with van der Waals surface area (Å²) in [5.74, 6) is 0.953. The summed E-state index contributed by atoms with van der Waals surface area (Å²) in [6.07, 6.45) is 2.68. The summed E-state index contributed by atoms with van der Waals surface area (Å²) in [6.45, 7) is 3.48. The van der Waals surface area contributed by atoms with Crippen LogP contribution in [-0.4, -0.2) is 49.4 Å². The highest BCUT2D eigenvalue weighted by Gasteiger charge is 2.19. The molecule has 25 heavy (non-hydrogen) atoms. The van der Waals surface area contributed by atoms with E-state index in [4.69, 9.17) is 15.2 Å². The number of methoxy groups -OCH3 is 1. The number of nitrogens with zero attached hydrogens (tertiary/aromatic N) is 2. The van der Waals surface area contributed by atoms with Gasteiger partial charge in [-0.3, -0.25) is 4.79 Å². The molecular weight excluding hydrogens is 324 g/mol. The van der Waals surface area contributed by atoms with Gasteiger partial charge in [-0.2, -0.15) is 5.10 Å². The number of hydrogen-bond donors (Lipinski definition) is 2. The van der Waals surface area contributed by atoms with Crippen molar-refractivity contribution in [2.45, 2.75) is 26.2 Å². The number of hydrogen-bond acceptors (Lipinski definition) is 5. The Bertz CT molecular complexity index is 654. The lowest BCUT2D eigenvalue weighted by Crippen LogP contribution is -2.32. The average molecular weight is 348 g/mol. The van der Waals surface area contributed by atoms with Gasteiger partial charge >= 0.3 is 6.03 Å². The molecule has 0 saturated carbocycles. The molecule has 0 radical (unpaired) electrons. The minimum atomic E-state index is -0.724. The van der Waals surface area contributed by atoms with Crippen LogP contribution in [0, 0.1) is 0 Å². The summed E-state index contributed by atoms with van der Waals surface area (Å²) in [6, 6.07) is 4.54. The van der Waals surface area contributed by atoms with Gasteiger partial charge in [-0.05, 0) is 37.5 Å². The van der Waals surface area contributed by atoms with Gasteiger partial charge in [0.05, 0.1) is 12.8 Å². The number of rotatable bonds is 7. The highest BCUT2D eigenvalue weighted by molar-refractivity contribution is 6.01. The molecule has 1 fully saturated rings. The van der Waals surface area contributed by atoms with Crippen LogP contribution >= 0.6 is 0 Å². The fraction of sp³-hybridized carbons (Fsp3) is 0.471. The van der Waals surface area contributed by atoms with Gasteiger partial charge in [-0.25, -0.2) is 10.2 Å². The number of nitrogens with two attached hydrogens (primary N) is 1. The van der Waals surface area contributed by atoms with Crippen molar-refractivity contribution in [3.05, 3.63) is 23.8 Å². The molecule has 1 aromatic rings. The smallest absolute Gasteiger partial charge is 0.332 e. The van der Waals surface area contributed by atoms with Crippen LogP contribution < -0.4 is 20.6 Å². The Kier molecular flexibility index (Phi) is 6.62. The van der Waals surface area contributed by atoms with Crippen molar-refractivity contribution in [3.8, 4) is 11.5 Å². The van der Waals surface area contributed by atoms with E-state index >= 15 is 0 Å². The van der Waals surface area contributed by atoms with E-state index < -0.39 is 6.03 Å². The standard InChI is InChI=1S/C17H24N4O4/c1-3-13(19-20-17(18)23)12-6-7-14(15(10-12)24-2)25-11-16(22)21-8-4-5-9-21/h6-7,10H,3-5,8-9,11H2,1-2H3,(H3,18,20,23)/b19-13-. The van der Waals surface area contributed by atoms with E-state index in [0.717, 1.165) is 31.5 Å². The maximum atomic E-state index is 12.1. The number of amides is 3. The molecule has 3 N–H and O–H groups in total. The van der Waals surface area contributed by atoms with Crippen molar-refractivity contribution >= 4 is 17.6 Å². The van der Waals surface area contributed by atoms with Crippen LogP contribution in [0.3, 0.4) is 0 Å². The highest BCUT2D eigenvalue weighted by Crippen LogP contribution is 2.28. The lowest BCUT2D eigenvalue weighted by molar-refractivity contribution is -0.132. The maximum absolute atomic E-state index is 12.1. The van der Waals surface area contributed by atoms with Gasteiger partial charge in [-0.1, -0.05) is 6.92 Å². The SMILES string of the molecule is CC/C(=N/NC(N)=O)c1ccc(OCC(=O)N2CCCC2)c(OC)c1. The Morgan fingerprint density at radius 3 is 2.60 bits per heavy atom. The van der Waals surface area contributed by atoms with Crippen LogP contribution in [0.1, 0.15) is 31.7 Å². The zero-order valence-electron chi connectivity index (χ0n) is 14.6. The second-order valence-electron chi connectivity index (χ2n) is 5.63. The molecule has 0 aliphatic carbocycles. The third kappa shape index (κ3) is 5.10. The highest BCUT2D eigenvalue weighted by atomic mass is 16.5. The van der Waals surface area contributed by atoms with Gasteiger partial charge in [0.15, 0.2) is 18.1 Å². The number of likely N-dealkylation sites (tertiary alicyclic amines) is 1. The van der Waals surface area contributed by atoms with Gasteiger partial charge < -0.3 is 20.1 Å². The molecule has 8 nitrogen and oxygen atoms in total. The molecule has 0 aromatic heterocycles. The Balaban J connectivity index is 2.08. The number of primary amides is 1. The van der Waals surface area contributed by atoms with Crippen molar-refractivity contribution in [1.82, 2.24) is 10.3 Å². The Morgan fingerprint density at radius 2 is 2.00 bits per heavy atom. The molecule has 8 heteroatoms. The van der Waals surface area contributed by atoms with Crippen LogP contribution in [-0.2, 0) is 4.79 Å². The summed E-state index contributed by atoms with van der Waals surface area (Å²) in [5, 5.41) is 3.98. The molecule has 136 valence electrons. The van der Waals surface area contributed by atoms with Crippen LogP contribution in [0.4, 0.5) is 4.79 Å². The van der Waals surface area contributed by atoms with Crippen molar-refractivity contribution < 1.29 is 19.1 Å². The van der Waals surface area contributed by atoms with E-state index in [1.54, 1.807) is 23.1 Å². The van der Waals surface area contributed by atoms with Crippen molar-refractivity contribution in [2.75, 3.05) is 26.8 Å². The summed E-state index contributed by atoms with van der Waals surface area (Å²) in [7, 11) is 1.53. The van der Waals surface area contributed by atoms with Gasteiger partial charge in [0.2, 0.25) is 0 Å². The lowest BCUT2D eigenvalue weighted by atomic mass is 10.1. The number of ether oxygens (including phenoxy) is 2. The molecule has 3 amide bonds. The molecule has 1 aromatic carbocycles. The fourth-order valence-electron chi connectivity index (χ4n) is 2.63. The average Bonchev–Trinajstić information content (AvgIpc) is 3.15. The number of hydrazone groups is 1. The van der Waals surface area contributed by atoms with E-state index in [1.165, 1.54) is 7.11 Å². The maximum Gasteiger partial charge on any atom is 0.332 e. The number of urea groups is 1. The van der Waals surface area contributed by atoms with Crippen molar-refractivity contribution in [2.24, 2.45) is 10.8 Å². The van der Waals surface area contributed by atoms with E-state index in [2.05, 4.69) is 10.5 Å². The fourth-order valence-corrected chi connectivity index (χ4v) is 2.63. The molecule has 1 heterocycles. The van der Waals surface area contributed by atoms with Gasteiger partial charge in [0.25, 0.3) is 5.91 Å². The number of carbonyl (C=O) groups is 2. The molecular formula is C17H24N4O4. The van der Waals surface area contributed by atoms with Gasteiger partial charge in [0.1, 0.15) is 0 Å². The number of benzene rings is 1. The minimum absolute atomic E-state index is 0.0202. The topological polar surface area (TPSA) is 106 Å². The first-order valence-corrected chi connectivity index (χ1v) is 8.26. The molecule has 2 rings (SSSR count). The molecule has 0 atom stereocenters. The van der Waals surface area contributed by atoms with Gasteiger partial charge in [0, 0.05) is 18.7 Å². The van der Waals surface area contributed by atoms with Crippen molar-refractivity contribution in [1.29, 1.82) is 0 Å². The third-order valence-corrected chi connectivity index (χ3v) is 3.94. The predicted molar refractivity (Wildman–Crippen MR) is 93.9 cm³/mol. The van der Waals surface area contributed by atoms with E-state index in [1.807, 2.05) is 6.92 Å². The van der Waals surface area contributed by atoms with Crippen LogP contribution in [0.2, 0.25) is 0 Å². The van der Waals surface area contributed by atoms with Gasteiger partial charge in [-0.15, -0.1) is 0 Å². The lowest BCUT2D eigenvalue weighted by Gasteiger charge is -2.17. The molecule has 0 spiro atoms. The summed E-state index contributed by atoms with van der Waals surface area (Å²) in [4.78, 5) is 24.7. The van der Waals surface area contributed by atoms with E-state index in [-0.39, 0.29) is 12.5 Å². The zero-order chi connectivity index (χ0) is 18.2. The molecule has 0 unspecified atom stereocenters. The van der Waals surface area contributed by atoms with E-state index in [0.29, 0.717) is 23.6 Å². The zero-order valence-corrected chi connectivity index (χ0v) is 14.6. The minimum Gasteiger partial charge on any atom is -0.493 e. The quantitative estimate of drug-likeness (QED) is 0.575. The molecule has 1 aliphatic heterocycles. The Hall–Kier alpha value is -2.77. The van der Waals surface area contributed by atoms with Crippen LogP contribution in [0.15, 0.2) is 23.3 Å².